The number of morpholine rings is 1. The van der Waals surface area contributed by atoms with Crippen LogP contribution in [0.2, 0.25) is 0 Å². The first-order valence-electron chi connectivity index (χ1n) is 6.28. The first kappa shape index (κ1) is 11.4. The fourth-order valence-corrected chi connectivity index (χ4v) is 2.50. The van der Waals surface area contributed by atoms with Crippen LogP contribution in [0.3, 0.4) is 0 Å². The Bertz CT molecular complexity index is 502. The number of aliphatic hydroxyl groups excluding tert-OH is 1. The van der Waals surface area contributed by atoms with Crippen molar-refractivity contribution in [1.82, 2.24) is 4.90 Å². The molecule has 3 rings (SSSR count). The van der Waals surface area contributed by atoms with E-state index in [0.29, 0.717) is 12.4 Å². The van der Waals surface area contributed by atoms with Crippen LogP contribution in [0.5, 0.6) is 0 Å². The lowest BCUT2D eigenvalue weighted by Crippen LogP contribution is -2.38. The zero-order chi connectivity index (χ0) is 12.5. The van der Waals surface area contributed by atoms with Crippen molar-refractivity contribution in [3.05, 3.63) is 59.0 Å². The molecule has 94 valence electrons. The van der Waals surface area contributed by atoms with Gasteiger partial charge in [0, 0.05) is 13.1 Å². The molecule has 2 aliphatic heterocycles. The topological polar surface area (TPSA) is 32.7 Å². The first-order valence-corrected chi connectivity index (χ1v) is 6.28. The van der Waals surface area contributed by atoms with Crippen LogP contribution in [-0.2, 0) is 4.74 Å². The zero-order valence-corrected chi connectivity index (χ0v) is 10.5. The van der Waals surface area contributed by atoms with Crippen LogP contribution in [-0.4, -0.2) is 29.7 Å². The van der Waals surface area contributed by atoms with Crippen molar-refractivity contribution in [1.29, 1.82) is 0 Å². The predicted octanol–water partition coefficient (Wildman–Crippen LogP) is 2.71. The Hall–Kier alpha value is -1.74. The third-order valence-corrected chi connectivity index (χ3v) is 3.48. The summed E-state index contributed by atoms with van der Waals surface area (Å²) in [6, 6.07) is 8.30. The average Bonchev–Trinajstić information content (AvgIpc) is 2.39. The number of hydrogen-bond acceptors (Lipinski definition) is 3. The van der Waals surface area contributed by atoms with Crippen molar-refractivity contribution in [3.8, 4) is 0 Å². The van der Waals surface area contributed by atoms with E-state index in [1.165, 1.54) is 5.56 Å². The van der Waals surface area contributed by atoms with Gasteiger partial charge in [0.25, 0.3) is 0 Å². The molecule has 1 fully saturated rings. The number of fused-ring (bicyclic) bond motifs is 1. The summed E-state index contributed by atoms with van der Waals surface area (Å²) in [4.78, 5) is 2.18. The highest BCUT2D eigenvalue weighted by Crippen LogP contribution is 2.35. The Morgan fingerprint density at radius 3 is 2.83 bits per heavy atom. The fourth-order valence-electron chi connectivity index (χ4n) is 2.50. The van der Waals surface area contributed by atoms with Crippen LogP contribution in [0.4, 0.5) is 0 Å². The van der Waals surface area contributed by atoms with Gasteiger partial charge in [-0.25, -0.2) is 0 Å². The Morgan fingerprint density at radius 2 is 2.06 bits per heavy atom. The third kappa shape index (κ3) is 1.91. The molecule has 3 heteroatoms. The molecular formula is C15H17NO2. The Balaban J connectivity index is 1.99. The molecule has 0 saturated carbocycles. The van der Waals surface area contributed by atoms with Gasteiger partial charge < -0.3 is 14.7 Å². The molecule has 2 heterocycles. The number of aryl methyl sites for hydroxylation is 1. The van der Waals surface area contributed by atoms with Crippen molar-refractivity contribution < 1.29 is 9.84 Å². The second kappa shape index (κ2) is 4.50. The molecule has 1 aromatic carbocycles. The molecule has 1 N–H and O–H groups in total. The molecule has 0 amide bonds. The number of benzene rings is 1. The van der Waals surface area contributed by atoms with Crippen LogP contribution in [0.15, 0.2) is 47.9 Å². The van der Waals surface area contributed by atoms with Gasteiger partial charge in [-0.1, -0.05) is 35.9 Å². The standard InChI is InChI=1S/C15H17NO2/c1-11-4-6-12(7-5-11)15-14-13(17)3-2-8-16(14)9-10-18-15/h2-7,15,17H,8-10H2,1H3. The summed E-state index contributed by atoms with van der Waals surface area (Å²) < 4.78 is 5.85. The van der Waals surface area contributed by atoms with E-state index in [2.05, 4.69) is 36.1 Å². The molecule has 0 spiro atoms. The molecule has 1 aromatic rings. The van der Waals surface area contributed by atoms with Crippen molar-refractivity contribution in [2.45, 2.75) is 13.0 Å². The summed E-state index contributed by atoms with van der Waals surface area (Å²) in [7, 11) is 0. The van der Waals surface area contributed by atoms with Gasteiger partial charge in [0.1, 0.15) is 11.9 Å². The molecule has 0 aliphatic carbocycles. The molecular weight excluding hydrogens is 226 g/mol. The van der Waals surface area contributed by atoms with Crippen LogP contribution in [0.25, 0.3) is 0 Å². The van der Waals surface area contributed by atoms with Crippen LogP contribution < -0.4 is 0 Å². The largest absolute Gasteiger partial charge is 0.506 e. The van der Waals surface area contributed by atoms with E-state index in [0.717, 1.165) is 24.4 Å². The molecule has 18 heavy (non-hydrogen) atoms. The van der Waals surface area contributed by atoms with Crippen molar-refractivity contribution in [2.75, 3.05) is 19.7 Å². The monoisotopic (exact) mass is 243 g/mol. The predicted molar refractivity (Wildman–Crippen MR) is 70.2 cm³/mol. The van der Waals surface area contributed by atoms with E-state index in [4.69, 9.17) is 4.74 Å². The van der Waals surface area contributed by atoms with Gasteiger partial charge in [-0.3, -0.25) is 0 Å². The zero-order valence-electron chi connectivity index (χ0n) is 10.5. The molecule has 2 aliphatic rings. The van der Waals surface area contributed by atoms with E-state index in [1.54, 1.807) is 6.08 Å². The smallest absolute Gasteiger partial charge is 0.137 e. The lowest BCUT2D eigenvalue weighted by molar-refractivity contribution is 0.00391. The molecule has 1 unspecified atom stereocenters. The highest BCUT2D eigenvalue weighted by molar-refractivity contribution is 5.35. The summed E-state index contributed by atoms with van der Waals surface area (Å²) in [5, 5.41) is 10.1. The number of aliphatic hydroxyl groups is 1. The van der Waals surface area contributed by atoms with Gasteiger partial charge in [0.05, 0.1) is 12.3 Å². The van der Waals surface area contributed by atoms with Gasteiger partial charge in [-0.15, -0.1) is 0 Å². The summed E-state index contributed by atoms with van der Waals surface area (Å²) >= 11 is 0. The maximum absolute atomic E-state index is 10.1. The third-order valence-electron chi connectivity index (χ3n) is 3.48. The van der Waals surface area contributed by atoms with Crippen molar-refractivity contribution in [3.63, 3.8) is 0 Å². The quantitative estimate of drug-likeness (QED) is 0.823. The van der Waals surface area contributed by atoms with E-state index in [-0.39, 0.29) is 6.10 Å². The van der Waals surface area contributed by atoms with E-state index in [9.17, 15) is 5.11 Å². The minimum atomic E-state index is -0.149. The van der Waals surface area contributed by atoms with Crippen LogP contribution in [0, 0.1) is 6.92 Å². The Labute approximate surface area is 107 Å². The van der Waals surface area contributed by atoms with Crippen LogP contribution in [0.1, 0.15) is 17.2 Å². The number of ether oxygens (including phenoxy) is 1. The van der Waals surface area contributed by atoms with Gasteiger partial charge in [0.15, 0.2) is 0 Å². The fraction of sp³-hybridized carbons (Fsp3) is 0.333. The molecule has 1 atom stereocenters. The average molecular weight is 243 g/mol. The maximum atomic E-state index is 10.1. The van der Waals surface area contributed by atoms with Crippen molar-refractivity contribution in [2.24, 2.45) is 0 Å². The van der Waals surface area contributed by atoms with Gasteiger partial charge in [-0.2, -0.15) is 0 Å². The van der Waals surface area contributed by atoms with Gasteiger partial charge in [0.2, 0.25) is 0 Å². The lowest BCUT2D eigenvalue weighted by atomic mass is 10.00. The van der Waals surface area contributed by atoms with Gasteiger partial charge >= 0.3 is 0 Å². The SMILES string of the molecule is Cc1ccc(C2OCCN3CC=CC(O)=C23)cc1. The highest BCUT2D eigenvalue weighted by atomic mass is 16.5. The number of allylic oxidation sites excluding steroid dienone is 1. The summed E-state index contributed by atoms with van der Waals surface area (Å²) in [5.74, 6) is 0.325. The molecule has 0 aromatic heterocycles. The molecule has 3 nitrogen and oxygen atoms in total. The first-order chi connectivity index (χ1) is 8.75. The van der Waals surface area contributed by atoms with Gasteiger partial charge in [-0.05, 0) is 18.6 Å². The Morgan fingerprint density at radius 1 is 1.28 bits per heavy atom. The lowest BCUT2D eigenvalue weighted by Gasteiger charge is -2.38. The summed E-state index contributed by atoms with van der Waals surface area (Å²) in [6.07, 6.45) is 3.60. The number of rotatable bonds is 1. The van der Waals surface area contributed by atoms with Crippen LogP contribution >= 0.6 is 0 Å². The number of nitrogens with zero attached hydrogens (tertiary/aromatic N) is 1. The normalized spacial score (nSPS) is 23.2. The van der Waals surface area contributed by atoms with Crippen molar-refractivity contribution >= 4 is 0 Å². The van der Waals surface area contributed by atoms with E-state index in [1.807, 2.05) is 6.08 Å². The minimum absolute atomic E-state index is 0.149. The molecule has 1 saturated heterocycles. The number of hydrogen-bond donors (Lipinski definition) is 1. The maximum Gasteiger partial charge on any atom is 0.137 e. The summed E-state index contributed by atoms with van der Waals surface area (Å²) in [5.41, 5.74) is 3.22. The Kier molecular flexibility index (Phi) is 2.84. The molecule has 0 bridgehead atoms. The highest BCUT2D eigenvalue weighted by Gasteiger charge is 2.30. The summed E-state index contributed by atoms with van der Waals surface area (Å²) in [6.45, 7) is 4.46. The van der Waals surface area contributed by atoms with E-state index >= 15 is 0 Å². The minimum Gasteiger partial charge on any atom is -0.506 e. The second-order valence-corrected chi connectivity index (χ2v) is 4.78. The molecule has 0 radical (unpaired) electrons. The van der Waals surface area contributed by atoms with E-state index < -0.39 is 0 Å². The second-order valence-electron chi connectivity index (χ2n) is 4.78.